The number of aromatic nitrogens is 1. The Bertz CT molecular complexity index is 769. The molecule has 0 atom stereocenters. The second kappa shape index (κ2) is 10.9. The van der Waals surface area contributed by atoms with E-state index in [1.165, 1.54) is 26.7 Å². The minimum atomic E-state index is 0.913. The highest BCUT2D eigenvalue weighted by atomic mass is 32.1. The van der Waals surface area contributed by atoms with Crippen molar-refractivity contribution in [2.24, 2.45) is 0 Å². The van der Waals surface area contributed by atoms with E-state index in [0.29, 0.717) is 0 Å². The fourth-order valence-electron chi connectivity index (χ4n) is 2.71. The lowest BCUT2D eigenvalue weighted by molar-refractivity contribution is 0.414. The second-order valence-electron chi connectivity index (χ2n) is 5.56. The molecular formula is C20H24N2OS2. The Labute approximate surface area is 160 Å². The van der Waals surface area contributed by atoms with Crippen molar-refractivity contribution in [3.8, 4) is 5.75 Å². The molecule has 3 aromatic rings. The topological polar surface area (TPSA) is 37.0 Å². The Morgan fingerprint density at radius 2 is 1.76 bits per heavy atom. The highest BCUT2D eigenvalue weighted by Crippen LogP contribution is 2.17. The molecule has 132 valence electrons. The van der Waals surface area contributed by atoms with Gasteiger partial charge in [-0.1, -0.05) is 42.5 Å². The quantitative estimate of drug-likeness (QED) is 0.326. The highest BCUT2D eigenvalue weighted by molar-refractivity contribution is 8.08. The summed E-state index contributed by atoms with van der Waals surface area (Å²) >= 11 is 7.61. The molecule has 0 saturated carbocycles. The monoisotopic (exact) mass is 372 g/mol. The van der Waals surface area contributed by atoms with Crippen LogP contribution in [-0.2, 0) is 12.8 Å². The van der Waals surface area contributed by atoms with Gasteiger partial charge in [0.05, 0.1) is 7.11 Å². The van der Waals surface area contributed by atoms with Crippen LogP contribution in [0.2, 0.25) is 0 Å². The van der Waals surface area contributed by atoms with Gasteiger partial charge in [-0.05, 0) is 55.3 Å². The first kappa shape index (κ1) is 19.5. The molecule has 0 amide bonds. The van der Waals surface area contributed by atoms with Gasteiger partial charge in [-0.15, -0.1) is 12.6 Å². The van der Waals surface area contributed by atoms with Crippen molar-refractivity contribution in [3.63, 3.8) is 0 Å². The maximum atomic E-state index is 5.17. The van der Waals surface area contributed by atoms with Crippen LogP contribution >= 0.6 is 24.8 Å². The Kier molecular flexibility index (Phi) is 8.52. The van der Waals surface area contributed by atoms with Gasteiger partial charge in [-0.25, -0.2) is 0 Å². The Morgan fingerprint density at radius 1 is 1.08 bits per heavy atom. The Balaban J connectivity index is 0.000000701. The van der Waals surface area contributed by atoms with Crippen molar-refractivity contribution in [1.29, 1.82) is 0 Å². The van der Waals surface area contributed by atoms with E-state index in [-0.39, 0.29) is 0 Å². The summed E-state index contributed by atoms with van der Waals surface area (Å²) in [6.07, 6.45) is 4.21. The summed E-state index contributed by atoms with van der Waals surface area (Å²) in [7, 11) is 1.70. The summed E-state index contributed by atoms with van der Waals surface area (Å²) in [5, 5.41) is 4.85. The van der Waals surface area contributed by atoms with E-state index in [2.05, 4.69) is 77.7 Å². The standard InChI is InChI=1S/C19H22N2O.CH2S2/c1-22-17-8-6-15(7-9-17)10-12-20-13-11-16-14-21-19-5-3-2-4-18(16)19;2-1-3/h2-9,14,20-21H,10-13H2,1H3;1H,(H,2,3). The van der Waals surface area contributed by atoms with Crippen LogP contribution in [0.25, 0.3) is 10.9 Å². The predicted molar refractivity (Wildman–Crippen MR) is 114 cm³/mol. The first-order valence-electron chi connectivity index (χ1n) is 8.25. The van der Waals surface area contributed by atoms with Crippen LogP contribution in [0.4, 0.5) is 0 Å². The molecule has 2 N–H and O–H groups in total. The normalized spacial score (nSPS) is 10.2. The molecule has 0 fully saturated rings. The number of para-hydroxylation sites is 1. The van der Waals surface area contributed by atoms with E-state index in [0.717, 1.165) is 31.7 Å². The van der Waals surface area contributed by atoms with Crippen molar-refractivity contribution < 1.29 is 4.74 Å². The fourth-order valence-corrected chi connectivity index (χ4v) is 2.71. The number of hydrogen-bond donors (Lipinski definition) is 3. The molecule has 0 aliphatic carbocycles. The zero-order valence-corrected chi connectivity index (χ0v) is 16.1. The van der Waals surface area contributed by atoms with Crippen molar-refractivity contribution in [3.05, 3.63) is 65.9 Å². The van der Waals surface area contributed by atoms with Crippen molar-refractivity contribution >= 4 is 40.4 Å². The van der Waals surface area contributed by atoms with Crippen molar-refractivity contribution in [2.45, 2.75) is 12.8 Å². The number of rotatable bonds is 7. The molecule has 25 heavy (non-hydrogen) atoms. The molecule has 0 aliphatic heterocycles. The molecule has 0 unspecified atom stereocenters. The number of thiocarbonyl (C=S) groups is 1. The van der Waals surface area contributed by atoms with Gasteiger partial charge in [0.2, 0.25) is 0 Å². The van der Waals surface area contributed by atoms with Crippen molar-refractivity contribution in [2.75, 3.05) is 20.2 Å². The summed E-state index contributed by atoms with van der Waals surface area (Å²) in [6.45, 7) is 1.99. The number of thiol groups is 1. The zero-order valence-electron chi connectivity index (χ0n) is 14.4. The van der Waals surface area contributed by atoms with Crippen LogP contribution < -0.4 is 10.1 Å². The number of fused-ring (bicyclic) bond motifs is 1. The molecule has 0 saturated heterocycles. The van der Waals surface area contributed by atoms with Crippen LogP contribution in [-0.4, -0.2) is 29.9 Å². The largest absolute Gasteiger partial charge is 0.497 e. The number of hydrogen-bond acceptors (Lipinski definition) is 3. The smallest absolute Gasteiger partial charge is 0.118 e. The van der Waals surface area contributed by atoms with Gasteiger partial charge in [0.25, 0.3) is 0 Å². The molecule has 0 bridgehead atoms. The number of ether oxygens (including phenoxy) is 1. The molecule has 1 heterocycles. The third-order valence-electron chi connectivity index (χ3n) is 4.00. The van der Waals surface area contributed by atoms with E-state index in [1.54, 1.807) is 7.11 Å². The lowest BCUT2D eigenvalue weighted by Crippen LogP contribution is -2.20. The van der Waals surface area contributed by atoms with Gasteiger partial charge in [0, 0.05) is 21.8 Å². The lowest BCUT2D eigenvalue weighted by atomic mass is 10.1. The molecule has 1 aromatic heterocycles. The molecule has 2 aromatic carbocycles. The van der Waals surface area contributed by atoms with Gasteiger partial charge in [0.15, 0.2) is 0 Å². The number of aromatic amines is 1. The second-order valence-corrected chi connectivity index (χ2v) is 6.41. The number of benzene rings is 2. The summed E-state index contributed by atoms with van der Waals surface area (Å²) < 4.78 is 6.45. The maximum Gasteiger partial charge on any atom is 0.118 e. The van der Waals surface area contributed by atoms with Gasteiger partial charge in [-0.3, -0.25) is 0 Å². The van der Waals surface area contributed by atoms with Crippen LogP contribution in [0.5, 0.6) is 5.75 Å². The fraction of sp³-hybridized carbons (Fsp3) is 0.250. The van der Waals surface area contributed by atoms with Gasteiger partial charge in [-0.2, -0.15) is 0 Å². The van der Waals surface area contributed by atoms with Crippen molar-refractivity contribution in [1.82, 2.24) is 10.3 Å². The number of methoxy groups -OCH3 is 1. The predicted octanol–water partition coefficient (Wildman–Crippen LogP) is 4.42. The molecular weight excluding hydrogens is 348 g/mol. The minimum Gasteiger partial charge on any atom is -0.497 e. The first-order chi connectivity index (χ1) is 12.3. The average Bonchev–Trinajstić information content (AvgIpc) is 3.06. The summed E-state index contributed by atoms with van der Waals surface area (Å²) in [6, 6.07) is 16.7. The molecule has 3 nitrogen and oxygen atoms in total. The van der Waals surface area contributed by atoms with Crippen LogP contribution in [0.15, 0.2) is 54.7 Å². The van der Waals surface area contributed by atoms with Gasteiger partial charge < -0.3 is 15.0 Å². The van der Waals surface area contributed by atoms with Crippen LogP contribution in [0.3, 0.4) is 0 Å². The Morgan fingerprint density at radius 3 is 2.48 bits per heavy atom. The molecule has 0 spiro atoms. The zero-order chi connectivity index (χ0) is 17.9. The first-order valence-corrected chi connectivity index (χ1v) is 9.23. The number of H-pyrrole nitrogens is 1. The third kappa shape index (κ3) is 6.20. The average molecular weight is 373 g/mol. The van der Waals surface area contributed by atoms with E-state index < -0.39 is 0 Å². The van der Waals surface area contributed by atoms with E-state index in [1.807, 2.05) is 12.1 Å². The summed E-state index contributed by atoms with van der Waals surface area (Å²) in [4.78, 5) is 3.33. The summed E-state index contributed by atoms with van der Waals surface area (Å²) in [5.74, 6) is 0.913. The minimum absolute atomic E-state index is 0.913. The number of nitrogens with one attached hydrogen (secondary N) is 2. The van der Waals surface area contributed by atoms with Gasteiger partial charge in [0.1, 0.15) is 5.75 Å². The molecule has 5 heteroatoms. The van der Waals surface area contributed by atoms with Gasteiger partial charge >= 0.3 is 0 Å². The SMILES string of the molecule is COc1ccc(CCNCCc2c[nH]c3ccccc23)cc1.S=CS. The summed E-state index contributed by atoms with van der Waals surface area (Å²) in [5.41, 5.74) is 3.93. The molecule has 0 radical (unpaired) electrons. The van der Waals surface area contributed by atoms with Crippen LogP contribution in [0, 0.1) is 0 Å². The molecule has 0 aliphatic rings. The van der Waals surface area contributed by atoms with E-state index >= 15 is 0 Å². The molecule has 3 rings (SSSR count). The maximum absolute atomic E-state index is 5.17. The van der Waals surface area contributed by atoms with E-state index in [4.69, 9.17) is 4.74 Å². The van der Waals surface area contributed by atoms with Crippen LogP contribution in [0.1, 0.15) is 11.1 Å². The third-order valence-corrected chi connectivity index (χ3v) is 4.00. The van der Waals surface area contributed by atoms with E-state index in [9.17, 15) is 0 Å². The Hall–Kier alpha value is -1.82. The lowest BCUT2D eigenvalue weighted by Gasteiger charge is -2.06. The highest BCUT2D eigenvalue weighted by Gasteiger charge is 2.02.